The number of hydrogen-bond donors (Lipinski definition) is 3. The summed E-state index contributed by atoms with van der Waals surface area (Å²) in [6.45, 7) is 8.27. The number of halogens is 1. The SMILES string of the molecule is CC(C)OC(=O)C(C)(C)Oc1ccc(C(=O)c2ccc(Cl)cc2)cc1.OCCNCCO. The van der Waals surface area contributed by atoms with Gasteiger partial charge in [0.2, 0.25) is 0 Å². The van der Waals surface area contributed by atoms with Gasteiger partial charge in [-0.1, -0.05) is 11.6 Å². The first-order chi connectivity index (χ1) is 15.1. The average Bonchev–Trinajstić information content (AvgIpc) is 2.74. The number of rotatable bonds is 10. The Balaban J connectivity index is 0.000000633. The van der Waals surface area contributed by atoms with Gasteiger partial charge < -0.3 is 25.0 Å². The molecule has 0 aliphatic rings. The Labute approximate surface area is 194 Å². The molecule has 0 spiro atoms. The van der Waals surface area contributed by atoms with Crippen LogP contribution in [0.15, 0.2) is 48.5 Å². The minimum Gasteiger partial charge on any atom is -0.476 e. The van der Waals surface area contributed by atoms with E-state index in [1.165, 1.54) is 0 Å². The fourth-order valence-electron chi connectivity index (χ4n) is 2.42. The molecule has 0 amide bonds. The lowest BCUT2D eigenvalue weighted by atomic mass is 10.0. The highest BCUT2D eigenvalue weighted by Gasteiger charge is 2.32. The van der Waals surface area contributed by atoms with E-state index < -0.39 is 11.6 Å². The maximum absolute atomic E-state index is 12.4. The molecule has 0 saturated heterocycles. The van der Waals surface area contributed by atoms with E-state index in [1.807, 2.05) is 0 Å². The molecule has 176 valence electrons. The molecule has 0 aliphatic carbocycles. The molecule has 7 nitrogen and oxygen atoms in total. The Hall–Kier alpha value is -2.45. The van der Waals surface area contributed by atoms with Crippen LogP contribution in [0.25, 0.3) is 0 Å². The topological polar surface area (TPSA) is 105 Å². The zero-order valence-corrected chi connectivity index (χ0v) is 19.7. The molecule has 32 heavy (non-hydrogen) atoms. The normalized spacial score (nSPS) is 10.9. The van der Waals surface area contributed by atoms with Crippen LogP contribution in [0.1, 0.15) is 43.6 Å². The van der Waals surface area contributed by atoms with E-state index in [4.69, 9.17) is 31.3 Å². The van der Waals surface area contributed by atoms with Gasteiger partial charge in [0, 0.05) is 29.2 Å². The van der Waals surface area contributed by atoms with E-state index in [2.05, 4.69) is 5.32 Å². The van der Waals surface area contributed by atoms with Gasteiger partial charge in [0.15, 0.2) is 11.4 Å². The highest BCUT2D eigenvalue weighted by molar-refractivity contribution is 6.30. The van der Waals surface area contributed by atoms with Crippen LogP contribution in [-0.2, 0) is 9.53 Å². The third-order valence-corrected chi connectivity index (χ3v) is 4.26. The number of nitrogens with one attached hydrogen (secondary N) is 1. The first kappa shape index (κ1) is 27.6. The van der Waals surface area contributed by atoms with Crippen molar-refractivity contribution in [3.8, 4) is 5.75 Å². The van der Waals surface area contributed by atoms with Gasteiger partial charge >= 0.3 is 5.97 Å². The number of esters is 1. The fourth-order valence-corrected chi connectivity index (χ4v) is 2.54. The van der Waals surface area contributed by atoms with Gasteiger partial charge in [-0.3, -0.25) is 4.79 Å². The third-order valence-electron chi connectivity index (χ3n) is 4.01. The predicted octanol–water partition coefficient (Wildman–Crippen LogP) is 3.24. The second-order valence-electron chi connectivity index (χ2n) is 7.62. The summed E-state index contributed by atoms with van der Waals surface area (Å²) in [5.41, 5.74) is -0.0393. The van der Waals surface area contributed by atoms with Crippen molar-refractivity contribution in [3.05, 3.63) is 64.7 Å². The summed E-state index contributed by atoms with van der Waals surface area (Å²) in [4.78, 5) is 24.5. The summed E-state index contributed by atoms with van der Waals surface area (Å²) < 4.78 is 10.9. The van der Waals surface area contributed by atoms with Crippen molar-refractivity contribution in [3.63, 3.8) is 0 Å². The maximum atomic E-state index is 12.4. The number of carbonyl (C=O) groups is 2. The molecule has 0 bridgehead atoms. The molecule has 3 N–H and O–H groups in total. The van der Waals surface area contributed by atoms with E-state index in [0.717, 1.165) is 0 Å². The van der Waals surface area contributed by atoms with E-state index in [0.29, 0.717) is 35.0 Å². The Kier molecular flexibility index (Phi) is 11.9. The van der Waals surface area contributed by atoms with Crippen molar-refractivity contribution >= 4 is 23.4 Å². The second-order valence-corrected chi connectivity index (χ2v) is 8.06. The van der Waals surface area contributed by atoms with Gasteiger partial charge in [0.1, 0.15) is 5.75 Å². The lowest BCUT2D eigenvalue weighted by Crippen LogP contribution is -2.40. The largest absolute Gasteiger partial charge is 0.476 e. The monoisotopic (exact) mass is 465 g/mol. The maximum Gasteiger partial charge on any atom is 0.350 e. The first-order valence-electron chi connectivity index (χ1n) is 10.3. The highest BCUT2D eigenvalue weighted by Crippen LogP contribution is 2.22. The Morgan fingerprint density at radius 1 is 0.938 bits per heavy atom. The van der Waals surface area contributed by atoms with E-state index in [-0.39, 0.29) is 25.1 Å². The van der Waals surface area contributed by atoms with Crippen LogP contribution in [0.4, 0.5) is 0 Å². The van der Waals surface area contributed by atoms with E-state index >= 15 is 0 Å². The molecule has 0 fully saturated rings. The van der Waals surface area contributed by atoms with Crippen molar-refractivity contribution in [1.29, 1.82) is 0 Å². The average molecular weight is 466 g/mol. The lowest BCUT2D eigenvalue weighted by molar-refractivity contribution is -0.163. The number of carbonyl (C=O) groups excluding carboxylic acids is 2. The summed E-state index contributed by atoms with van der Waals surface area (Å²) >= 11 is 5.84. The zero-order chi connectivity index (χ0) is 24.1. The van der Waals surface area contributed by atoms with Crippen LogP contribution >= 0.6 is 11.6 Å². The molecular weight excluding hydrogens is 434 g/mol. The molecule has 0 aromatic heterocycles. The number of benzene rings is 2. The first-order valence-corrected chi connectivity index (χ1v) is 10.7. The highest BCUT2D eigenvalue weighted by atomic mass is 35.5. The van der Waals surface area contributed by atoms with Crippen LogP contribution in [0.5, 0.6) is 5.75 Å². The molecule has 0 heterocycles. The van der Waals surface area contributed by atoms with Crippen LogP contribution in [0.3, 0.4) is 0 Å². The van der Waals surface area contributed by atoms with Crippen molar-refractivity contribution < 1.29 is 29.3 Å². The molecule has 0 unspecified atom stereocenters. The fraction of sp³-hybridized carbons (Fsp3) is 0.417. The standard InChI is InChI=1S/C20H21ClO4.C4H11NO2/c1-13(2)24-19(23)20(3,4)25-17-11-7-15(8-12-17)18(22)14-5-9-16(21)10-6-14;6-3-1-5-2-4-7/h5-13H,1-4H3;5-7H,1-4H2. The van der Waals surface area contributed by atoms with Gasteiger partial charge in [-0.25, -0.2) is 4.79 Å². The molecule has 0 radical (unpaired) electrons. The molecule has 2 aromatic rings. The van der Waals surface area contributed by atoms with Gasteiger partial charge in [0.25, 0.3) is 0 Å². The lowest BCUT2D eigenvalue weighted by Gasteiger charge is -2.25. The zero-order valence-electron chi connectivity index (χ0n) is 18.9. The summed E-state index contributed by atoms with van der Waals surface area (Å²) in [5.74, 6) is -0.0659. The number of ether oxygens (including phenoxy) is 2. The molecule has 0 aliphatic heterocycles. The van der Waals surface area contributed by atoms with Crippen LogP contribution < -0.4 is 10.1 Å². The number of aliphatic hydroxyl groups excluding tert-OH is 2. The number of ketones is 1. The van der Waals surface area contributed by atoms with Crippen molar-refractivity contribution in [2.45, 2.75) is 39.4 Å². The van der Waals surface area contributed by atoms with Gasteiger partial charge in [-0.05, 0) is 76.2 Å². The van der Waals surface area contributed by atoms with E-state index in [9.17, 15) is 9.59 Å². The van der Waals surface area contributed by atoms with Gasteiger partial charge in [0.05, 0.1) is 19.3 Å². The molecular formula is C24H32ClNO6. The smallest absolute Gasteiger partial charge is 0.350 e. The van der Waals surface area contributed by atoms with E-state index in [1.54, 1.807) is 76.2 Å². The Morgan fingerprint density at radius 2 is 1.41 bits per heavy atom. The minimum atomic E-state index is -1.12. The number of aliphatic hydroxyl groups is 2. The van der Waals surface area contributed by atoms with Gasteiger partial charge in [-0.15, -0.1) is 0 Å². The Bertz CT molecular complexity index is 831. The molecule has 2 rings (SSSR count). The summed E-state index contributed by atoms with van der Waals surface area (Å²) in [6, 6.07) is 13.4. The molecule has 0 saturated carbocycles. The number of hydrogen-bond acceptors (Lipinski definition) is 7. The summed E-state index contributed by atoms with van der Waals surface area (Å²) in [7, 11) is 0. The van der Waals surface area contributed by atoms with Crippen LogP contribution in [-0.4, -0.2) is 60.0 Å². The second kappa shape index (κ2) is 13.9. The minimum absolute atomic E-state index is 0.110. The van der Waals surface area contributed by atoms with Crippen LogP contribution in [0, 0.1) is 0 Å². The summed E-state index contributed by atoms with van der Waals surface area (Å²) in [6.07, 6.45) is -0.213. The summed E-state index contributed by atoms with van der Waals surface area (Å²) in [5, 5.41) is 19.7. The molecule has 8 heteroatoms. The van der Waals surface area contributed by atoms with Crippen LogP contribution in [0.2, 0.25) is 5.02 Å². The van der Waals surface area contributed by atoms with Gasteiger partial charge in [-0.2, -0.15) is 0 Å². The quantitative estimate of drug-likeness (QED) is 0.281. The van der Waals surface area contributed by atoms with Crippen molar-refractivity contribution in [2.24, 2.45) is 0 Å². The Morgan fingerprint density at radius 3 is 1.84 bits per heavy atom. The molecule has 0 atom stereocenters. The van der Waals surface area contributed by atoms with Crippen molar-refractivity contribution in [1.82, 2.24) is 5.32 Å². The third kappa shape index (κ3) is 9.78. The predicted molar refractivity (Wildman–Crippen MR) is 124 cm³/mol. The molecule has 2 aromatic carbocycles. The van der Waals surface area contributed by atoms with Crippen molar-refractivity contribution in [2.75, 3.05) is 26.3 Å².